The molecule has 3 heteroatoms. The van der Waals surface area contributed by atoms with E-state index in [2.05, 4.69) is 24.4 Å². The Balaban J connectivity index is 2.87. The molecule has 13 heavy (non-hydrogen) atoms. The van der Waals surface area contributed by atoms with E-state index >= 15 is 0 Å². The summed E-state index contributed by atoms with van der Waals surface area (Å²) in [5.74, 6) is 0.0360. The Hall–Kier alpha value is -0.388. The number of carbonyl (C=O) groups excluding carboxylic acids is 1. The van der Waals surface area contributed by atoms with Gasteiger partial charge in [0.05, 0.1) is 0 Å². The molecule has 1 aromatic carbocycles. The molecule has 0 aliphatic heterocycles. The summed E-state index contributed by atoms with van der Waals surface area (Å²) in [7, 11) is 0. The van der Waals surface area contributed by atoms with Gasteiger partial charge in [-0.3, -0.25) is 0 Å². The van der Waals surface area contributed by atoms with Gasteiger partial charge in [0.25, 0.3) is 0 Å². The van der Waals surface area contributed by atoms with Gasteiger partial charge in [0, 0.05) is 0 Å². The average Bonchev–Trinajstić information content (AvgIpc) is 2.04. The first-order chi connectivity index (χ1) is 6.02. The van der Waals surface area contributed by atoms with Crippen molar-refractivity contribution in [1.82, 2.24) is 5.32 Å². The molecule has 0 spiro atoms. The molecule has 1 atom stereocenters. The second kappa shape index (κ2) is 4.22. The van der Waals surface area contributed by atoms with Crippen molar-refractivity contribution in [3.63, 3.8) is 0 Å². The number of hydrogen-bond acceptors (Lipinski definition) is 1. The van der Waals surface area contributed by atoms with E-state index in [4.69, 9.17) is 0 Å². The summed E-state index contributed by atoms with van der Waals surface area (Å²) >= 11 is 0.684. The molecule has 0 aliphatic carbocycles. The minimum atomic E-state index is -0.118. The molecule has 0 saturated heterocycles. The van der Waals surface area contributed by atoms with Gasteiger partial charge in [0.2, 0.25) is 0 Å². The van der Waals surface area contributed by atoms with Crippen LogP contribution in [0.25, 0.3) is 0 Å². The molecular weight excluding hydrogens is 357 g/mol. The van der Waals surface area contributed by atoms with Crippen LogP contribution in [0.4, 0.5) is 0 Å². The van der Waals surface area contributed by atoms with Gasteiger partial charge in [-0.15, -0.1) is 0 Å². The van der Waals surface area contributed by atoms with E-state index in [-0.39, 0.29) is 9.01 Å². The van der Waals surface area contributed by atoms with E-state index in [9.17, 15) is 4.79 Å². The number of rotatable bonds is 2. The van der Waals surface area contributed by atoms with E-state index in [1.54, 1.807) is 6.92 Å². The van der Waals surface area contributed by atoms with Crippen molar-refractivity contribution < 1.29 is 4.79 Å². The Kier molecular flexibility index (Phi) is 3.47. The molecule has 0 heterocycles. The first-order valence-electron chi connectivity index (χ1n) is 4.15. The molecule has 1 aromatic rings. The summed E-state index contributed by atoms with van der Waals surface area (Å²) in [5, 5.41) is 2.97. The summed E-state index contributed by atoms with van der Waals surface area (Å²) < 4.78 is -0.118. The molecule has 2 radical (unpaired) electrons. The fraction of sp³-hybridized carbons (Fsp3) is 0.300. The zero-order chi connectivity index (χ0) is 9.90. The molecule has 0 aliphatic rings. The summed E-state index contributed by atoms with van der Waals surface area (Å²) in [6, 6.07) is 10.1. The van der Waals surface area contributed by atoms with Crippen molar-refractivity contribution >= 4 is 31.7 Å². The van der Waals surface area contributed by atoms with Gasteiger partial charge in [0.15, 0.2) is 0 Å². The van der Waals surface area contributed by atoms with Crippen LogP contribution in [-0.2, 0) is 7.89 Å². The zero-order valence-electron chi connectivity index (χ0n) is 7.87. The molecule has 2 nitrogen and oxygen atoms in total. The van der Waals surface area contributed by atoms with Crippen LogP contribution in [0.2, 0.25) is 0 Å². The zero-order valence-corrected chi connectivity index (χ0v) is 12.4. The molecule has 1 N–H and O–H groups in total. The van der Waals surface area contributed by atoms with Crippen molar-refractivity contribution in [3.05, 3.63) is 35.9 Å². The number of nitrogens with one attached hydrogen (secondary N) is 1. The van der Waals surface area contributed by atoms with Crippen molar-refractivity contribution in [2.45, 2.75) is 16.9 Å². The van der Waals surface area contributed by atoms with Crippen molar-refractivity contribution in [1.29, 1.82) is 0 Å². The van der Waals surface area contributed by atoms with E-state index < -0.39 is 0 Å². The third-order valence-corrected chi connectivity index (χ3v) is 3.67. The molecule has 1 rings (SSSR count). The summed E-state index contributed by atoms with van der Waals surface area (Å²) in [5.41, 5.74) is 1.19. The van der Waals surface area contributed by atoms with Crippen LogP contribution in [0.3, 0.4) is 0 Å². The molecule has 0 saturated carbocycles. The van der Waals surface area contributed by atoms with Gasteiger partial charge in [-0.25, -0.2) is 0 Å². The van der Waals surface area contributed by atoms with Crippen LogP contribution in [0.5, 0.6) is 0 Å². The van der Waals surface area contributed by atoms with Crippen molar-refractivity contribution in [2.24, 2.45) is 0 Å². The molecule has 68 valence electrons. The number of benzene rings is 1. The number of carbonyl (C=O) groups is 1. The number of hydrogen-bond donors (Lipinski definition) is 1. The van der Waals surface area contributed by atoms with Crippen molar-refractivity contribution in [2.75, 3.05) is 0 Å². The van der Waals surface area contributed by atoms with Gasteiger partial charge in [0.1, 0.15) is 0 Å². The summed E-state index contributed by atoms with van der Waals surface area (Å²) in [6.07, 6.45) is 0. The van der Waals surface area contributed by atoms with Gasteiger partial charge in [-0.2, -0.15) is 0 Å². The maximum atomic E-state index is 10.9. The fourth-order valence-electron chi connectivity index (χ4n) is 1.22. The number of amides is 1. The van der Waals surface area contributed by atoms with Gasteiger partial charge < -0.3 is 0 Å². The fourth-order valence-corrected chi connectivity index (χ4v) is 2.76. The minimum absolute atomic E-state index is 0.0360. The van der Waals surface area contributed by atoms with Crippen LogP contribution < -0.4 is 5.32 Å². The van der Waals surface area contributed by atoms with E-state index in [0.29, 0.717) is 25.8 Å². The van der Waals surface area contributed by atoms with Crippen LogP contribution in [0.1, 0.15) is 19.4 Å². The van der Waals surface area contributed by atoms with Crippen LogP contribution in [0.15, 0.2) is 30.3 Å². The first kappa shape index (κ1) is 10.7. The average molecular weight is 370 g/mol. The summed E-state index contributed by atoms with van der Waals surface area (Å²) in [4.78, 5) is 10.9. The topological polar surface area (TPSA) is 29.1 Å². The second-order valence-corrected chi connectivity index (χ2v) is 7.74. The SMILES string of the molecule is CC(=O)N[C@@](C)([PbH])c1ccccc1. The predicted octanol–water partition coefficient (Wildman–Crippen LogP) is 0.896. The van der Waals surface area contributed by atoms with E-state index in [1.807, 2.05) is 18.2 Å². The molecule has 0 bridgehead atoms. The second-order valence-electron chi connectivity index (χ2n) is 3.25. The standard InChI is InChI=1S/C10H12NO.Pb.H/c1-8(11-9(2)12)10-6-4-3-5-7-10;;/h3-7H,1-2H3,(H,11,12);;. The third-order valence-electron chi connectivity index (χ3n) is 1.81. The first-order valence-corrected chi connectivity index (χ1v) is 6.40. The Bertz CT molecular complexity index is 295. The van der Waals surface area contributed by atoms with E-state index in [0.717, 1.165) is 0 Å². The quantitative estimate of drug-likeness (QED) is 0.770. The van der Waals surface area contributed by atoms with Crippen molar-refractivity contribution in [3.8, 4) is 0 Å². The van der Waals surface area contributed by atoms with Crippen LogP contribution in [-0.4, -0.2) is 31.7 Å². The third kappa shape index (κ3) is 3.10. The molecule has 0 unspecified atom stereocenters. The van der Waals surface area contributed by atoms with Gasteiger partial charge in [-0.05, 0) is 0 Å². The van der Waals surface area contributed by atoms with Gasteiger partial charge >= 0.3 is 94.6 Å². The Morgan fingerprint density at radius 2 is 1.92 bits per heavy atom. The summed E-state index contributed by atoms with van der Waals surface area (Å²) in [6.45, 7) is 3.62. The predicted molar refractivity (Wildman–Crippen MR) is 54.8 cm³/mol. The molecule has 0 aromatic heterocycles. The molecule has 1 amide bonds. The van der Waals surface area contributed by atoms with Gasteiger partial charge in [-0.1, -0.05) is 0 Å². The molecular formula is C10H13NOPb. The normalized spacial score (nSPS) is 14.7. The Labute approximate surface area is 94.4 Å². The monoisotopic (exact) mass is 371 g/mol. The molecule has 0 fully saturated rings. The maximum absolute atomic E-state index is 10.9. The Morgan fingerprint density at radius 1 is 1.38 bits per heavy atom. The van der Waals surface area contributed by atoms with Crippen LogP contribution >= 0.6 is 0 Å². The Morgan fingerprint density at radius 3 is 2.38 bits per heavy atom. The van der Waals surface area contributed by atoms with Crippen LogP contribution in [0, 0.1) is 0 Å². The van der Waals surface area contributed by atoms with E-state index in [1.165, 1.54) is 5.56 Å².